The molecule has 2 rings (SSSR count). The molecule has 0 saturated heterocycles. The Morgan fingerprint density at radius 1 is 1.60 bits per heavy atom. The average molecular weight is 270 g/mol. The monoisotopic (exact) mass is 269 g/mol. The minimum atomic E-state index is 0.407. The van der Waals surface area contributed by atoms with Gasteiger partial charge in [0.25, 0.3) is 0 Å². The van der Waals surface area contributed by atoms with E-state index in [1.165, 1.54) is 12.8 Å². The molecular formula is C11H16BrN3. The van der Waals surface area contributed by atoms with Crippen molar-refractivity contribution in [1.82, 2.24) is 9.97 Å². The van der Waals surface area contributed by atoms with Crippen LogP contribution in [0.3, 0.4) is 0 Å². The lowest BCUT2D eigenvalue weighted by atomic mass is 10.0. The molecule has 0 aromatic carbocycles. The SMILES string of the molecule is CC(CCN)c1nc(C2CC2)ncc1Br. The van der Waals surface area contributed by atoms with E-state index in [0.717, 1.165) is 22.4 Å². The molecule has 82 valence electrons. The van der Waals surface area contributed by atoms with Gasteiger partial charge in [-0.25, -0.2) is 9.97 Å². The lowest BCUT2D eigenvalue weighted by Gasteiger charge is -2.12. The molecule has 0 aliphatic heterocycles. The molecule has 15 heavy (non-hydrogen) atoms. The summed E-state index contributed by atoms with van der Waals surface area (Å²) in [6, 6.07) is 0. The van der Waals surface area contributed by atoms with E-state index in [2.05, 4.69) is 32.8 Å². The summed E-state index contributed by atoms with van der Waals surface area (Å²) in [6.45, 7) is 2.87. The number of rotatable bonds is 4. The number of nitrogens with two attached hydrogens (primary N) is 1. The number of halogens is 1. The largest absolute Gasteiger partial charge is 0.330 e. The molecule has 1 atom stereocenters. The van der Waals surface area contributed by atoms with Crippen LogP contribution in [0, 0.1) is 0 Å². The maximum atomic E-state index is 5.57. The zero-order valence-corrected chi connectivity index (χ0v) is 10.5. The van der Waals surface area contributed by atoms with Gasteiger partial charge >= 0.3 is 0 Å². The second kappa shape index (κ2) is 4.58. The highest BCUT2D eigenvalue weighted by atomic mass is 79.9. The zero-order valence-electron chi connectivity index (χ0n) is 8.91. The van der Waals surface area contributed by atoms with Gasteiger partial charge in [0.15, 0.2) is 0 Å². The Kier molecular flexibility index (Phi) is 3.36. The van der Waals surface area contributed by atoms with E-state index in [0.29, 0.717) is 18.4 Å². The van der Waals surface area contributed by atoms with Gasteiger partial charge in [-0.1, -0.05) is 6.92 Å². The van der Waals surface area contributed by atoms with Crippen molar-refractivity contribution in [2.75, 3.05) is 6.54 Å². The highest BCUT2D eigenvalue weighted by Crippen LogP contribution is 2.39. The van der Waals surface area contributed by atoms with E-state index in [-0.39, 0.29) is 0 Å². The van der Waals surface area contributed by atoms with E-state index >= 15 is 0 Å². The fourth-order valence-electron chi connectivity index (χ4n) is 1.67. The molecule has 1 unspecified atom stereocenters. The number of hydrogen-bond acceptors (Lipinski definition) is 3. The summed E-state index contributed by atoms with van der Waals surface area (Å²) in [6.07, 6.45) is 5.33. The maximum Gasteiger partial charge on any atom is 0.131 e. The smallest absolute Gasteiger partial charge is 0.131 e. The normalized spacial score (nSPS) is 17.8. The second-order valence-electron chi connectivity index (χ2n) is 4.21. The molecular weight excluding hydrogens is 254 g/mol. The van der Waals surface area contributed by atoms with Crippen LogP contribution in [-0.2, 0) is 0 Å². The number of nitrogens with zero attached hydrogens (tertiary/aromatic N) is 2. The molecule has 1 heterocycles. The molecule has 1 saturated carbocycles. The van der Waals surface area contributed by atoms with Gasteiger partial charge < -0.3 is 5.73 Å². The molecule has 1 aliphatic carbocycles. The molecule has 0 radical (unpaired) electrons. The van der Waals surface area contributed by atoms with Crippen molar-refractivity contribution in [2.45, 2.75) is 38.0 Å². The van der Waals surface area contributed by atoms with Gasteiger partial charge in [0.1, 0.15) is 5.82 Å². The lowest BCUT2D eigenvalue weighted by Crippen LogP contribution is -2.08. The van der Waals surface area contributed by atoms with E-state index in [9.17, 15) is 0 Å². The quantitative estimate of drug-likeness (QED) is 0.914. The first kappa shape index (κ1) is 11.0. The molecule has 4 heteroatoms. The Labute approximate surface area is 98.6 Å². The molecule has 0 amide bonds. The fraction of sp³-hybridized carbons (Fsp3) is 0.636. The highest BCUT2D eigenvalue weighted by molar-refractivity contribution is 9.10. The fourth-order valence-corrected chi connectivity index (χ4v) is 2.25. The molecule has 0 bridgehead atoms. The van der Waals surface area contributed by atoms with E-state index in [1.54, 1.807) is 0 Å². The highest BCUT2D eigenvalue weighted by Gasteiger charge is 2.27. The summed E-state index contributed by atoms with van der Waals surface area (Å²) < 4.78 is 1.01. The van der Waals surface area contributed by atoms with Gasteiger partial charge in [-0.15, -0.1) is 0 Å². The van der Waals surface area contributed by atoms with Gasteiger partial charge in [-0.2, -0.15) is 0 Å². The van der Waals surface area contributed by atoms with Gasteiger partial charge in [-0.3, -0.25) is 0 Å². The van der Waals surface area contributed by atoms with E-state index < -0.39 is 0 Å². The van der Waals surface area contributed by atoms with Gasteiger partial charge in [-0.05, 0) is 41.7 Å². The van der Waals surface area contributed by atoms with Crippen molar-refractivity contribution in [3.63, 3.8) is 0 Å². The third kappa shape index (κ3) is 2.55. The third-order valence-corrected chi connectivity index (χ3v) is 3.41. The summed E-state index contributed by atoms with van der Waals surface area (Å²) in [5, 5.41) is 0. The van der Waals surface area contributed by atoms with Crippen molar-refractivity contribution in [2.24, 2.45) is 5.73 Å². The van der Waals surface area contributed by atoms with Crippen LogP contribution in [-0.4, -0.2) is 16.5 Å². The van der Waals surface area contributed by atoms with Crippen molar-refractivity contribution in [1.29, 1.82) is 0 Å². The van der Waals surface area contributed by atoms with Crippen molar-refractivity contribution in [3.05, 3.63) is 22.2 Å². The summed E-state index contributed by atoms with van der Waals surface area (Å²) in [7, 11) is 0. The Hall–Kier alpha value is -0.480. The van der Waals surface area contributed by atoms with Gasteiger partial charge in [0.05, 0.1) is 10.2 Å². The minimum absolute atomic E-state index is 0.407. The van der Waals surface area contributed by atoms with E-state index in [4.69, 9.17) is 5.73 Å². The standard InChI is InChI=1S/C11H16BrN3/c1-7(4-5-13)10-9(12)6-14-11(15-10)8-2-3-8/h6-8H,2-5,13H2,1H3. The van der Waals surface area contributed by atoms with Crippen LogP contribution in [0.15, 0.2) is 10.7 Å². The van der Waals surface area contributed by atoms with Crippen LogP contribution < -0.4 is 5.73 Å². The van der Waals surface area contributed by atoms with Gasteiger partial charge in [0.2, 0.25) is 0 Å². The summed E-state index contributed by atoms with van der Waals surface area (Å²) in [5.74, 6) is 2.03. The van der Waals surface area contributed by atoms with Crippen molar-refractivity contribution < 1.29 is 0 Å². The first-order valence-electron chi connectivity index (χ1n) is 5.44. The lowest BCUT2D eigenvalue weighted by molar-refractivity contribution is 0.656. The van der Waals surface area contributed by atoms with Crippen LogP contribution in [0.2, 0.25) is 0 Å². The first-order valence-corrected chi connectivity index (χ1v) is 6.24. The Balaban J connectivity index is 2.23. The van der Waals surface area contributed by atoms with E-state index in [1.807, 2.05) is 6.20 Å². The minimum Gasteiger partial charge on any atom is -0.330 e. The summed E-state index contributed by atoms with van der Waals surface area (Å²) >= 11 is 3.50. The van der Waals surface area contributed by atoms with Crippen molar-refractivity contribution in [3.8, 4) is 0 Å². The Morgan fingerprint density at radius 2 is 2.33 bits per heavy atom. The molecule has 1 aliphatic rings. The second-order valence-corrected chi connectivity index (χ2v) is 5.07. The predicted octanol–water partition coefficient (Wildman–Crippen LogP) is 2.57. The molecule has 1 aromatic heterocycles. The molecule has 1 aromatic rings. The van der Waals surface area contributed by atoms with Crippen LogP contribution >= 0.6 is 15.9 Å². The van der Waals surface area contributed by atoms with Gasteiger partial charge in [0, 0.05) is 18.0 Å². The maximum absolute atomic E-state index is 5.57. The first-order chi connectivity index (χ1) is 7.22. The average Bonchev–Trinajstić information content (AvgIpc) is 3.02. The van der Waals surface area contributed by atoms with Crippen LogP contribution in [0.1, 0.15) is 49.5 Å². The van der Waals surface area contributed by atoms with Crippen molar-refractivity contribution >= 4 is 15.9 Å². The topological polar surface area (TPSA) is 51.8 Å². The summed E-state index contributed by atoms with van der Waals surface area (Å²) in [4.78, 5) is 8.99. The van der Waals surface area contributed by atoms with Crippen LogP contribution in [0.25, 0.3) is 0 Å². The molecule has 0 spiro atoms. The molecule has 2 N–H and O–H groups in total. The Bertz CT molecular complexity index is 350. The van der Waals surface area contributed by atoms with Crippen LogP contribution in [0.4, 0.5) is 0 Å². The molecule has 1 fully saturated rings. The third-order valence-electron chi connectivity index (χ3n) is 2.80. The van der Waals surface area contributed by atoms with Crippen LogP contribution in [0.5, 0.6) is 0 Å². The molecule has 3 nitrogen and oxygen atoms in total. The number of hydrogen-bond donors (Lipinski definition) is 1. The Morgan fingerprint density at radius 3 is 2.93 bits per heavy atom. The summed E-state index contributed by atoms with van der Waals surface area (Å²) in [5.41, 5.74) is 6.68. The predicted molar refractivity (Wildman–Crippen MR) is 63.8 cm³/mol. The number of aromatic nitrogens is 2. The zero-order chi connectivity index (χ0) is 10.8.